The van der Waals surface area contributed by atoms with E-state index in [1.807, 2.05) is 13.0 Å². The Kier molecular flexibility index (Phi) is 4.85. The Hall–Kier alpha value is -2.34. The third-order valence-electron chi connectivity index (χ3n) is 7.04. The van der Waals surface area contributed by atoms with Gasteiger partial charge in [0.05, 0.1) is 12.7 Å². The van der Waals surface area contributed by atoms with Crippen LogP contribution in [0.4, 0.5) is 0 Å². The van der Waals surface area contributed by atoms with Gasteiger partial charge < -0.3 is 15.1 Å². The Morgan fingerprint density at radius 1 is 1.17 bits per heavy atom. The van der Waals surface area contributed by atoms with Gasteiger partial charge in [0, 0.05) is 29.6 Å². The molecule has 1 aromatic heterocycles. The molecule has 1 aromatic carbocycles. The van der Waals surface area contributed by atoms with Crippen molar-refractivity contribution in [1.29, 1.82) is 0 Å². The van der Waals surface area contributed by atoms with Crippen LogP contribution in [0.1, 0.15) is 55.2 Å². The summed E-state index contributed by atoms with van der Waals surface area (Å²) in [5.41, 5.74) is 3.62. The van der Waals surface area contributed by atoms with Gasteiger partial charge in [-0.1, -0.05) is 6.07 Å². The van der Waals surface area contributed by atoms with Crippen molar-refractivity contribution in [2.45, 2.75) is 76.4 Å². The number of benzene rings is 1. The first-order valence-electron chi connectivity index (χ1n) is 11.3. The fraction of sp³-hybridized carbons (Fsp3) is 0.583. The van der Waals surface area contributed by atoms with Crippen molar-refractivity contribution >= 4 is 22.8 Å². The van der Waals surface area contributed by atoms with Crippen LogP contribution in [0.3, 0.4) is 0 Å². The molecule has 3 aliphatic rings. The highest BCUT2D eigenvalue weighted by molar-refractivity contribution is 5.91. The van der Waals surface area contributed by atoms with E-state index < -0.39 is 5.54 Å². The van der Waals surface area contributed by atoms with E-state index >= 15 is 0 Å². The number of nitrogens with one attached hydrogen (secondary N) is 2. The quantitative estimate of drug-likeness (QED) is 0.796. The highest BCUT2D eigenvalue weighted by atomic mass is 16.3. The molecule has 3 heterocycles. The van der Waals surface area contributed by atoms with Crippen LogP contribution in [0, 0.1) is 13.8 Å². The maximum Gasteiger partial charge on any atom is 0.240 e. The molecule has 160 valence electrons. The molecule has 6 nitrogen and oxygen atoms in total. The van der Waals surface area contributed by atoms with Crippen LogP contribution in [0.25, 0.3) is 11.0 Å². The summed E-state index contributed by atoms with van der Waals surface area (Å²) in [6, 6.07) is 4.52. The molecule has 3 fully saturated rings. The molecule has 2 amide bonds. The van der Waals surface area contributed by atoms with Gasteiger partial charge in [-0.15, -0.1) is 0 Å². The molecule has 2 aromatic rings. The van der Waals surface area contributed by atoms with Gasteiger partial charge in [-0.2, -0.15) is 0 Å². The fourth-order valence-corrected chi connectivity index (χ4v) is 5.53. The number of hydrogen-bond donors (Lipinski definition) is 2. The van der Waals surface area contributed by atoms with E-state index in [0.717, 1.165) is 72.9 Å². The summed E-state index contributed by atoms with van der Waals surface area (Å²) < 4.78 is 5.71. The summed E-state index contributed by atoms with van der Waals surface area (Å²) in [5, 5.41) is 7.48. The van der Waals surface area contributed by atoms with Crippen LogP contribution >= 0.6 is 0 Å². The number of rotatable bonds is 5. The first-order valence-corrected chi connectivity index (χ1v) is 11.3. The maximum atomic E-state index is 13.1. The van der Waals surface area contributed by atoms with Crippen LogP contribution in [0.5, 0.6) is 0 Å². The SMILES string of the molecule is Cc1cc(C)c2c(CC(=O)N[C@@H]3CN4CCCC[C@@]4(C(=O)NC4CC4)C3)coc2c1. The third-order valence-corrected chi connectivity index (χ3v) is 7.04. The Bertz CT molecular complexity index is 993. The lowest BCUT2D eigenvalue weighted by Gasteiger charge is -2.40. The van der Waals surface area contributed by atoms with E-state index in [1.54, 1.807) is 6.26 Å². The number of aryl methyl sites for hydroxylation is 2. The summed E-state index contributed by atoms with van der Waals surface area (Å²) in [7, 11) is 0. The summed E-state index contributed by atoms with van der Waals surface area (Å²) in [5.74, 6) is 0.175. The maximum absolute atomic E-state index is 13.1. The lowest BCUT2D eigenvalue weighted by molar-refractivity contribution is -0.134. The van der Waals surface area contributed by atoms with Crippen molar-refractivity contribution in [2.75, 3.05) is 13.1 Å². The minimum Gasteiger partial charge on any atom is -0.464 e. The second kappa shape index (κ2) is 7.41. The second-order valence-electron chi connectivity index (χ2n) is 9.54. The standard InChI is InChI=1S/C24H31N3O3/c1-15-9-16(2)22-17(14-30-20(22)10-15)11-21(28)25-19-12-24(23(29)26-18-5-6-18)7-3-4-8-27(24)13-19/h9-10,14,18-19H,3-8,11-13H2,1-2H3,(H,25,28)(H,26,29)/t19-,24-/m0/s1. The van der Waals surface area contributed by atoms with Gasteiger partial charge in [0.1, 0.15) is 11.1 Å². The number of piperidine rings is 1. The Labute approximate surface area is 177 Å². The number of nitrogens with zero attached hydrogens (tertiary/aromatic N) is 1. The van der Waals surface area contributed by atoms with Crippen molar-refractivity contribution in [2.24, 2.45) is 0 Å². The molecule has 2 aliphatic heterocycles. The number of furan rings is 1. The summed E-state index contributed by atoms with van der Waals surface area (Å²) >= 11 is 0. The van der Waals surface area contributed by atoms with E-state index in [1.165, 1.54) is 0 Å². The fourth-order valence-electron chi connectivity index (χ4n) is 5.53. The van der Waals surface area contributed by atoms with E-state index in [9.17, 15) is 9.59 Å². The van der Waals surface area contributed by atoms with E-state index in [-0.39, 0.29) is 17.9 Å². The highest BCUT2D eigenvalue weighted by Gasteiger charge is 2.52. The molecule has 2 saturated heterocycles. The van der Waals surface area contributed by atoms with Crippen LogP contribution in [0.2, 0.25) is 0 Å². The summed E-state index contributed by atoms with van der Waals surface area (Å²) in [6.45, 7) is 5.80. The first-order chi connectivity index (χ1) is 14.4. The summed E-state index contributed by atoms with van der Waals surface area (Å²) in [6.07, 6.45) is 8.01. The van der Waals surface area contributed by atoms with E-state index in [0.29, 0.717) is 18.9 Å². The minimum atomic E-state index is -0.435. The van der Waals surface area contributed by atoms with Gasteiger partial charge in [-0.3, -0.25) is 14.5 Å². The smallest absolute Gasteiger partial charge is 0.240 e. The van der Waals surface area contributed by atoms with Crippen molar-refractivity contribution in [3.05, 3.63) is 35.1 Å². The van der Waals surface area contributed by atoms with E-state index in [2.05, 4.69) is 28.5 Å². The minimum absolute atomic E-state index is 0.000253. The largest absolute Gasteiger partial charge is 0.464 e. The highest BCUT2D eigenvalue weighted by Crippen LogP contribution is 2.39. The zero-order valence-electron chi connectivity index (χ0n) is 17.9. The predicted molar refractivity (Wildman–Crippen MR) is 115 cm³/mol. The first kappa shape index (κ1) is 19.6. The molecule has 1 saturated carbocycles. The Balaban J connectivity index is 1.28. The zero-order chi connectivity index (χ0) is 20.9. The van der Waals surface area contributed by atoms with Gasteiger partial charge in [-0.05, 0) is 76.1 Å². The second-order valence-corrected chi connectivity index (χ2v) is 9.54. The average Bonchev–Trinajstić information content (AvgIpc) is 3.29. The number of amides is 2. The molecule has 0 bridgehead atoms. The molecule has 2 atom stereocenters. The number of carbonyl (C=O) groups is 2. The molecule has 0 radical (unpaired) electrons. The van der Waals surface area contributed by atoms with Gasteiger partial charge in [0.2, 0.25) is 11.8 Å². The van der Waals surface area contributed by atoms with Crippen molar-refractivity contribution in [3.8, 4) is 0 Å². The number of hydrogen-bond acceptors (Lipinski definition) is 4. The molecule has 0 unspecified atom stereocenters. The molecule has 2 N–H and O–H groups in total. The molecule has 1 aliphatic carbocycles. The van der Waals surface area contributed by atoms with E-state index in [4.69, 9.17) is 4.42 Å². The van der Waals surface area contributed by atoms with Crippen molar-refractivity contribution in [1.82, 2.24) is 15.5 Å². The topological polar surface area (TPSA) is 74.6 Å². The molecular formula is C24H31N3O3. The van der Waals surface area contributed by atoms with Crippen LogP contribution in [0.15, 0.2) is 22.8 Å². The lowest BCUT2D eigenvalue weighted by atomic mass is 9.84. The summed E-state index contributed by atoms with van der Waals surface area (Å²) in [4.78, 5) is 28.3. The number of fused-ring (bicyclic) bond motifs is 2. The van der Waals surface area contributed by atoms with Gasteiger partial charge >= 0.3 is 0 Å². The Morgan fingerprint density at radius 2 is 2.00 bits per heavy atom. The molecule has 6 heteroatoms. The lowest BCUT2D eigenvalue weighted by Crippen LogP contribution is -2.57. The van der Waals surface area contributed by atoms with Crippen molar-refractivity contribution in [3.63, 3.8) is 0 Å². The van der Waals surface area contributed by atoms with Crippen molar-refractivity contribution < 1.29 is 14.0 Å². The molecule has 5 rings (SSSR count). The molecule has 0 spiro atoms. The average molecular weight is 410 g/mol. The monoisotopic (exact) mass is 409 g/mol. The third kappa shape index (κ3) is 3.51. The normalized spacial score (nSPS) is 26.5. The van der Waals surface area contributed by atoms with Gasteiger partial charge in [-0.25, -0.2) is 0 Å². The predicted octanol–water partition coefficient (Wildman–Crippen LogP) is 2.98. The zero-order valence-corrected chi connectivity index (χ0v) is 17.9. The number of carbonyl (C=O) groups excluding carboxylic acids is 2. The van der Waals surface area contributed by atoms with Crippen LogP contribution in [-0.4, -0.2) is 47.4 Å². The molecule has 30 heavy (non-hydrogen) atoms. The molecular weight excluding hydrogens is 378 g/mol. The Morgan fingerprint density at radius 3 is 2.80 bits per heavy atom. The van der Waals surface area contributed by atoms with Crippen LogP contribution in [-0.2, 0) is 16.0 Å². The van der Waals surface area contributed by atoms with Gasteiger partial charge in [0.25, 0.3) is 0 Å². The van der Waals surface area contributed by atoms with Gasteiger partial charge in [0.15, 0.2) is 0 Å². The van der Waals surface area contributed by atoms with Crippen LogP contribution < -0.4 is 10.6 Å².